The highest BCUT2D eigenvalue weighted by Crippen LogP contribution is 2.31. The van der Waals surface area contributed by atoms with Crippen molar-refractivity contribution in [3.05, 3.63) is 47.3 Å². The van der Waals surface area contributed by atoms with Gasteiger partial charge in [-0.2, -0.15) is 5.10 Å². The molecule has 0 bridgehead atoms. The van der Waals surface area contributed by atoms with Gasteiger partial charge in [0.25, 0.3) is 5.91 Å². The van der Waals surface area contributed by atoms with Gasteiger partial charge < -0.3 is 15.5 Å². The predicted molar refractivity (Wildman–Crippen MR) is 100 cm³/mol. The molecule has 1 aliphatic rings. The second kappa shape index (κ2) is 8.03. The van der Waals surface area contributed by atoms with Crippen LogP contribution in [0.15, 0.2) is 30.5 Å². The minimum atomic E-state index is -0.251. The Morgan fingerprint density at radius 3 is 3.00 bits per heavy atom. The fourth-order valence-corrected chi connectivity index (χ4v) is 3.39. The van der Waals surface area contributed by atoms with Crippen molar-refractivity contribution in [2.75, 3.05) is 25.0 Å². The summed E-state index contributed by atoms with van der Waals surface area (Å²) in [7, 11) is 0. The van der Waals surface area contributed by atoms with E-state index >= 15 is 0 Å². The summed E-state index contributed by atoms with van der Waals surface area (Å²) in [6.07, 6.45) is 3.48. The van der Waals surface area contributed by atoms with Crippen molar-refractivity contribution >= 4 is 17.6 Å². The third kappa shape index (κ3) is 4.04. The zero-order chi connectivity index (χ0) is 18.5. The number of nitrogens with one attached hydrogen (secondary N) is 3. The lowest BCUT2D eigenvalue weighted by Gasteiger charge is -2.32. The summed E-state index contributed by atoms with van der Waals surface area (Å²) in [4.78, 5) is 26.5. The lowest BCUT2D eigenvalue weighted by molar-refractivity contribution is 0.0706. The van der Waals surface area contributed by atoms with E-state index < -0.39 is 0 Å². The van der Waals surface area contributed by atoms with Crippen LogP contribution >= 0.6 is 0 Å². The van der Waals surface area contributed by atoms with Crippen molar-refractivity contribution < 1.29 is 9.59 Å². The van der Waals surface area contributed by atoms with Gasteiger partial charge in [0, 0.05) is 31.1 Å². The second-order valence-corrected chi connectivity index (χ2v) is 6.64. The molecule has 2 heterocycles. The van der Waals surface area contributed by atoms with E-state index in [4.69, 9.17) is 0 Å². The number of anilines is 1. The molecular formula is C19H25N5O2. The molecule has 7 heteroatoms. The van der Waals surface area contributed by atoms with Crippen molar-refractivity contribution in [2.45, 2.75) is 32.6 Å². The Hall–Kier alpha value is -2.83. The number of benzene rings is 1. The molecule has 1 aliphatic heterocycles. The Morgan fingerprint density at radius 1 is 1.38 bits per heavy atom. The second-order valence-electron chi connectivity index (χ2n) is 6.64. The highest BCUT2D eigenvalue weighted by molar-refractivity contribution is 5.94. The molecule has 7 nitrogen and oxygen atoms in total. The van der Waals surface area contributed by atoms with E-state index in [1.54, 1.807) is 6.20 Å². The van der Waals surface area contributed by atoms with Crippen LogP contribution in [0, 0.1) is 6.92 Å². The summed E-state index contributed by atoms with van der Waals surface area (Å²) in [5.74, 6) is 0.174. The number of carbonyl (C=O) groups excluding carboxylic acids is 2. The van der Waals surface area contributed by atoms with Gasteiger partial charge in [-0.1, -0.05) is 17.7 Å². The highest BCUT2D eigenvalue weighted by Gasteiger charge is 2.28. The maximum atomic E-state index is 12.8. The van der Waals surface area contributed by atoms with Gasteiger partial charge in [-0.25, -0.2) is 4.79 Å². The average Bonchev–Trinajstić information content (AvgIpc) is 3.09. The number of aromatic nitrogens is 2. The number of carbonyl (C=O) groups is 2. The van der Waals surface area contributed by atoms with Gasteiger partial charge in [-0.3, -0.25) is 9.89 Å². The van der Waals surface area contributed by atoms with Gasteiger partial charge in [0.1, 0.15) is 0 Å². The first-order valence-corrected chi connectivity index (χ1v) is 9.02. The number of H-pyrrole nitrogens is 1. The number of amides is 3. The van der Waals surface area contributed by atoms with Gasteiger partial charge in [0.05, 0.1) is 17.6 Å². The molecule has 3 rings (SSSR count). The van der Waals surface area contributed by atoms with E-state index in [0.29, 0.717) is 18.8 Å². The van der Waals surface area contributed by atoms with E-state index in [1.165, 1.54) is 0 Å². The average molecular weight is 355 g/mol. The molecule has 1 saturated heterocycles. The van der Waals surface area contributed by atoms with Gasteiger partial charge in [-0.15, -0.1) is 0 Å². The number of nitrogens with zero attached hydrogens (tertiary/aromatic N) is 2. The number of hydrogen-bond acceptors (Lipinski definition) is 3. The number of urea groups is 1. The van der Waals surface area contributed by atoms with E-state index in [2.05, 4.69) is 20.8 Å². The molecule has 138 valence electrons. The van der Waals surface area contributed by atoms with Gasteiger partial charge in [-0.05, 0) is 38.8 Å². The van der Waals surface area contributed by atoms with E-state index in [9.17, 15) is 9.59 Å². The van der Waals surface area contributed by atoms with Crippen LogP contribution in [0.25, 0.3) is 0 Å². The summed E-state index contributed by atoms with van der Waals surface area (Å²) in [6.45, 7) is 5.77. The maximum absolute atomic E-state index is 12.8. The Balaban J connectivity index is 1.72. The maximum Gasteiger partial charge on any atom is 0.319 e. The Kier molecular flexibility index (Phi) is 5.55. The molecule has 1 fully saturated rings. The summed E-state index contributed by atoms with van der Waals surface area (Å²) < 4.78 is 0. The molecule has 1 aromatic carbocycles. The molecule has 0 unspecified atom stereocenters. The van der Waals surface area contributed by atoms with Gasteiger partial charge in [0.2, 0.25) is 0 Å². The number of aromatic amines is 1. The zero-order valence-corrected chi connectivity index (χ0v) is 15.2. The molecule has 0 spiro atoms. The molecule has 26 heavy (non-hydrogen) atoms. The topological polar surface area (TPSA) is 90.1 Å². The summed E-state index contributed by atoms with van der Waals surface area (Å²) >= 11 is 0. The van der Waals surface area contributed by atoms with Crippen molar-refractivity contribution in [3.8, 4) is 0 Å². The van der Waals surface area contributed by atoms with Crippen LogP contribution in [0.4, 0.5) is 10.5 Å². The molecule has 2 aromatic rings. The minimum Gasteiger partial charge on any atom is -0.338 e. The summed E-state index contributed by atoms with van der Waals surface area (Å²) in [5, 5.41) is 12.6. The fraction of sp³-hybridized carbons (Fsp3) is 0.421. The van der Waals surface area contributed by atoms with Gasteiger partial charge >= 0.3 is 6.03 Å². The van der Waals surface area contributed by atoms with Crippen LogP contribution in [0.2, 0.25) is 0 Å². The normalized spacial score (nSPS) is 17.0. The van der Waals surface area contributed by atoms with Crippen molar-refractivity contribution in [1.29, 1.82) is 0 Å². The Bertz CT molecular complexity index is 786. The summed E-state index contributed by atoms with van der Waals surface area (Å²) in [5.41, 5.74) is 3.34. The largest absolute Gasteiger partial charge is 0.338 e. The number of likely N-dealkylation sites (tertiary alicyclic amines) is 1. The number of aryl methyl sites for hydroxylation is 1. The molecule has 1 atom stereocenters. The quantitative estimate of drug-likeness (QED) is 0.788. The van der Waals surface area contributed by atoms with Crippen LogP contribution in [-0.2, 0) is 0 Å². The number of hydrogen-bond donors (Lipinski definition) is 3. The number of piperidine rings is 1. The number of rotatable bonds is 4. The molecule has 0 saturated carbocycles. The first kappa shape index (κ1) is 18.0. The molecule has 3 N–H and O–H groups in total. The van der Waals surface area contributed by atoms with E-state index in [1.807, 2.05) is 43.0 Å². The van der Waals surface area contributed by atoms with E-state index in [-0.39, 0.29) is 17.9 Å². The lowest BCUT2D eigenvalue weighted by atomic mass is 9.93. The zero-order valence-electron chi connectivity index (χ0n) is 15.2. The molecule has 3 amide bonds. The minimum absolute atomic E-state index is 0.0520. The monoisotopic (exact) mass is 355 g/mol. The van der Waals surface area contributed by atoms with Crippen LogP contribution in [0.5, 0.6) is 0 Å². The first-order chi connectivity index (χ1) is 12.6. The molecule has 1 aromatic heterocycles. The fourth-order valence-electron chi connectivity index (χ4n) is 3.39. The molecule has 0 aliphatic carbocycles. The summed E-state index contributed by atoms with van der Waals surface area (Å²) in [6, 6.07) is 7.42. The highest BCUT2D eigenvalue weighted by atomic mass is 16.2. The van der Waals surface area contributed by atoms with Crippen LogP contribution in [0.1, 0.15) is 47.3 Å². The van der Waals surface area contributed by atoms with Crippen molar-refractivity contribution in [1.82, 2.24) is 20.4 Å². The third-order valence-electron chi connectivity index (χ3n) is 4.64. The standard InChI is InChI=1S/C19H25N5O2/c1-3-20-19(26)22-16-11-21-23-17(16)15-8-5-9-24(12-15)18(25)14-7-4-6-13(2)10-14/h4,6-7,10-11,15H,3,5,8-9,12H2,1-2H3,(H,21,23)(H2,20,22,26)/t15-/m0/s1. The van der Waals surface area contributed by atoms with Crippen LogP contribution < -0.4 is 10.6 Å². The van der Waals surface area contributed by atoms with Crippen molar-refractivity contribution in [2.24, 2.45) is 0 Å². The Labute approximate surface area is 153 Å². The SMILES string of the molecule is CCNC(=O)Nc1cn[nH]c1[C@H]1CCCN(C(=O)c2cccc(C)c2)C1. The van der Waals surface area contributed by atoms with Gasteiger partial charge in [0.15, 0.2) is 0 Å². The Morgan fingerprint density at radius 2 is 2.23 bits per heavy atom. The molecule has 0 radical (unpaired) electrons. The lowest BCUT2D eigenvalue weighted by Crippen LogP contribution is -2.39. The van der Waals surface area contributed by atoms with Crippen molar-refractivity contribution in [3.63, 3.8) is 0 Å². The first-order valence-electron chi connectivity index (χ1n) is 9.02. The van der Waals surface area contributed by atoms with Crippen LogP contribution in [-0.4, -0.2) is 46.7 Å². The predicted octanol–water partition coefficient (Wildman–Crippen LogP) is 2.88. The van der Waals surface area contributed by atoms with E-state index in [0.717, 1.165) is 36.2 Å². The van der Waals surface area contributed by atoms with Crippen LogP contribution in [0.3, 0.4) is 0 Å². The third-order valence-corrected chi connectivity index (χ3v) is 4.64. The smallest absolute Gasteiger partial charge is 0.319 e. The molecular weight excluding hydrogens is 330 g/mol.